The third kappa shape index (κ3) is 4.12. The Hall–Kier alpha value is -2.65. The van der Waals surface area contributed by atoms with Crippen molar-refractivity contribution in [3.05, 3.63) is 53.4 Å². The fraction of sp³-hybridized carbons (Fsp3) is 0.125. The maximum absolute atomic E-state index is 13.4. The first kappa shape index (κ1) is 18.2. The summed E-state index contributed by atoms with van der Waals surface area (Å²) in [5, 5.41) is 10.9. The lowest BCUT2D eigenvalue weighted by Gasteiger charge is -2.11. The molecular weight excluding hydrogens is 379 g/mol. The summed E-state index contributed by atoms with van der Waals surface area (Å²) in [6, 6.07) is 9.10. The van der Waals surface area contributed by atoms with Gasteiger partial charge in [0.25, 0.3) is 0 Å². The summed E-state index contributed by atoms with van der Waals surface area (Å²) in [4.78, 5) is 16.3. The molecule has 1 aromatic carbocycles. The molecule has 0 aliphatic rings. The number of nitrogen functional groups attached to an aromatic ring is 1. The molecule has 0 saturated carbocycles. The molecule has 3 N–H and O–H groups in total. The first-order valence-electron chi connectivity index (χ1n) is 7.49. The molecular formula is C16H14ClFN6OS. The number of benzene rings is 1. The second-order valence-corrected chi connectivity index (χ2v) is 7.04. The smallest absolute Gasteiger partial charge is 0.238 e. The molecule has 2 aromatic heterocycles. The molecule has 0 fully saturated rings. The van der Waals surface area contributed by atoms with Gasteiger partial charge in [0.15, 0.2) is 5.82 Å². The van der Waals surface area contributed by atoms with Gasteiger partial charge in [0.05, 0.1) is 10.3 Å². The summed E-state index contributed by atoms with van der Waals surface area (Å²) < 4.78 is 14.6. The van der Waals surface area contributed by atoms with Gasteiger partial charge < -0.3 is 11.2 Å². The summed E-state index contributed by atoms with van der Waals surface area (Å²) >= 11 is 6.89. The van der Waals surface area contributed by atoms with Crippen LogP contribution in [-0.4, -0.2) is 31.0 Å². The highest BCUT2D eigenvalue weighted by atomic mass is 35.5. The third-order valence-electron chi connectivity index (χ3n) is 3.38. The predicted molar refractivity (Wildman–Crippen MR) is 98.8 cm³/mol. The summed E-state index contributed by atoms with van der Waals surface area (Å²) in [5.41, 5.74) is 0.495. The molecule has 7 nitrogen and oxygen atoms in total. The van der Waals surface area contributed by atoms with Crippen LogP contribution < -0.4 is 11.2 Å². The van der Waals surface area contributed by atoms with Crippen molar-refractivity contribution in [1.29, 1.82) is 0 Å². The molecule has 0 spiro atoms. The van der Waals surface area contributed by atoms with Crippen LogP contribution in [0.1, 0.15) is 6.92 Å². The molecule has 0 saturated heterocycles. The minimum absolute atomic E-state index is 0.278. The van der Waals surface area contributed by atoms with E-state index in [1.54, 1.807) is 31.2 Å². The zero-order valence-electron chi connectivity index (χ0n) is 13.6. The van der Waals surface area contributed by atoms with E-state index >= 15 is 0 Å². The quantitative estimate of drug-likeness (QED) is 0.511. The van der Waals surface area contributed by atoms with Crippen molar-refractivity contribution in [2.75, 3.05) is 11.2 Å². The standard InChI is InChI=1S/C16H14ClFN6OS/c1-9(15(25)21-13-6-5-11(17)8-20-13)26-16-23-22-14(24(16)19)10-3-2-4-12(18)7-10/h2-9H,19H2,1H3,(H,20,21,25)/t9-/m1/s1. The fourth-order valence-electron chi connectivity index (χ4n) is 2.07. The van der Waals surface area contributed by atoms with Gasteiger partial charge in [-0.2, -0.15) is 0 Å². The topological polar surface area (TPSA) is 98.7 Å². The van der Waals surface area contributed by atoms with Gasteiger partial charge in [-0.05, 0) is 31.2 Å². The molecule has 134 valence electrons. The lowest BCUT2D eigenvalue weighted by molar-refractivity contribution is -0.115. The van der Waals surface area contributed by atoms with Crippen molar-refractivity contribution in [2.45, 2.75) is 17.3 Å². The molecule has 0 bridgehead atoms. The average Bonchev–Trinajstić information content (AvgIpc) is 2.97. The van der Waals surface area contributed by atoms with Crippen LogP contribution in [0.2, 0.25) is 5.02 Å². The van der Waals surface area contributed by atoms with Gasteiger partial charge in [-0.3, -0.25) is 4.79 Å². The lowest BCUT2D eigenvalue weighted by atomic mass is 10.2. The van der Waals surface area contributed by atoms with Crippen molar-refractivity contribution in [3.63, 3.8) is 0 Å². The fourth-order valence-corrected chi connectivity index (χ4v) is 2.95. The number of hydrogen-bond donors (Lipinski definition) is 2. The largest absolute Gasteiger partial charge is 0.335 e. The van der Waals surface area contributed by atoms with Gasteiger partial charge >= 0.3 is 0 Å². The summed E-state index contributed by atoms with van der Waals surface area (Å²) in [7, 11) is 0. The molecule has 3 aromatic rings. The molecule has 2 heterocycles. The van der Waals surface area contributed by atoms with Crippen molar-refractivity contribution >= 4 is 35.1 Å². The third-order valence-corrected chi connectivity index (χ3v) is 4.66. The van der Waals surface area contributed by atoms with Crippen LogP contribution >= 0.6 is 23.4 Å². The van der Waals surface area contributed by atoms with Gasteiger partial charge in [-0.25, -0.2) is 14.1 Å². The number of carbonyl (C=O) groups excluding carboxylic acids is 1. The van der Waals surface area contributed by atoms with E-state index in [1.165, 1.54) is 23.0 Å². The molecule has 26 heavy (non-hydrogen) atoms. The molecule has 0 radical (unpaired) electrons. The van der Waals surface area contributed by atoms with Gasteiger partial charge in [0.2, 0.25) is 11.1 Å². The molecule has 1 atom stereocenters. The van der Waals surface area contributed by atoms with E-state index in [0.29, 0.717) is 27.4 Å². The monoisotopic (exact) mass is 392 g/mol. The molecule has 10 heteroatoms. The Morgan fingerprint density at radius 1 is 1.35 bits per heavy atom. The van der Waals surface area contributed by atoms with Crippen LogP contribution in [0.25, 0.3) is 11.4 Å². The number of aromatic nitrogens is 4. The number of amides is 1. The van der Waals surface area contributed by atoms with E-state index in [9.17, 15) is 9.18 Å². The second kappa shape index (κ2) is 7.71. The molecule has 0 unspecified atom stereocenters. The predicted octanol–water partition coefficient (Wildman–Crippen LogP) is 2.97. The minimum Gasteiger partial charge on any atom is -0.335 e. The van der Waals surface area contributed by atoms with E-state index in [4.69, 9.17) is 17.4 Å². The van der Waals surface area contributed by atoms with Crippen LogP contribution in [0.4, 0.5) is 10.2 Å². The van der Waals surface area contributed by atoms with Crippen LogP contribution in [0.3, 0.4) is 0 Å². The normalized spacial score (nSPS) is 12.0. The zero-order chi connectivity index (χ0) is 18.7. The van der Waals surface area contributed by atoms with Crippen LogP contribution in [0.5, 0.6) is 0 Å². The Morgan fingerprint density at radius 3 is 2.85 bits per heavy atom. The number of halogens is 2. The highest BCUT2D eigenvalue weighted by Crippen LogP contribution is 2.25. The highest BCUT2D eigenvalue weighted by Gasteiger charge is 2.20. The first-order chi connectivity index (χ1) is 12.4. The Balaban J connectivity index is 1.70. The summed E-state index contributed by atoms with van der Waals surface area (Å²) in [6.07, 6.45) is 1.44. The number of pyridine rings is 1. The zero-order valence-corrected chi connectivity index (χ0v) is 15.1. The van der Waals surface area contributed by atoms with Crippen molar-refractivity contribution in [2.24, 2.45) is 0 Å². The first-order valence-corrected chi connectivity index (χ1v) is 8.75. The van der Waals surface area contributed by atoms with Gasteiger partial charge in [0, 0.05) is 11.8 Å². The lowest BCUT2D eigenvalue weighted by Crippen LogP contribution is -2.24. The number of nitrogens with one attached hydrogen (secondary N) is 1. The molecule has 1 amide bonds. The number of thioether (sulfide) groups is 1. The maximum atomic E-state index is 13.4. The van der Waals surface area contributed by atoms with E-state index in [-0.39, 0.29) is 5.91 Å². The van der Waals surface area contributed by atoms with Gasteiger partial charge in [-0.1, -0.05) is 35.5 Å². The average molecular weight is 393 g/mol. The Morgan fingerprint density at radius 2 is 2.15 bits per heavy atom. The number of hydrogen-bond acceptors (Lipinski definition) is 6. The summed E-state index contributed by atoms with van der Waals surface area (Å²) in [6.45, 7) is 1.70. The van der Waals surface area contributed by atoms with E-state index in [0.717, 1.165) is 11.8 Å². The van der Waals surface area contributed by atoms with Crippen molar-refractivity contribution in [3.8, 4) is 11.4 Å². The second-order valence-electron chi connectivity index (χ2n) is 5.30. The van der Waals surface area contributed by atoms with Crippen LogP contribution in [0.15, 0.2) is 47.8 Å². The Bertz CT molecular complexity index is 933. The number of anilines is 1. The van der Waals surface area contributed by atoms with E-state index in [2.05, 4.69) is 20.5 Å². The maximum Gasteiger partial charge on any atom is 0.238 e. The minimum atomic E-state index is -0.515. The van der Waals surface area contributed by atoms with Crippen molar-refractivity contribution in [1.82, 2.24) is 19.9 Å². The van der Waals surface area contributed by atoms with Crippen molar-refractivity contribution < 1.29 is 9.18 Å². The van der Waals surface area contributed by atoms with Crippen LogP contribution in [-0.2, 0) is 4.79 Å². The Labute approximate surface area is 157 Å². The SMILES string of the molecule is C[C@@H](Sc1nnc(-c2cccc(F)c2)n1N)C(=O)Nc1ccc(Cl)cn1. The molecule has 3 rings (SSSR count). The summed E-state index contributed by atoms with van der Waals surface area (Å²) in [5.74, 6) is 6.01. The number of nitrogens with zero attached hydrogens (tertiary/aromatic N) is 4. The number of carbonyl (C=O) groups is 1. The number of nitrogens with two attached hydrogens (primary N) is 1. The van der Waals surface area contributed by atoms with Gasteiger partial charge in [0.1, 0.15) is 11.6 Å². The molecule has 0 aliphatic heterocycles. The Kier molecular flexibility index (Phi) is 5.38. The number of rotatable bonds is 5. The highest BCUT2D eigenvalue weighted by molar-refractivity contribution is 8.00. The molecule has 0 aliphatic carbocycles. The van der Waals surface area contributed by atoms with E-state index < -0.39 is 11.1 Å². The van der Waals surface area contributed by atoms with Crippen LogP contribution in [0, 0.1) is 5.82 Å². The van der Waals surface area contributed by atoms with E-state index in [1.807, 2.05) is 0 Å². The van der Waals surface area contributed by atoms with Gasteiger partial charge in [-0.15, -0.1) is 10.2 Å².